The van der Waals surface area contributed by atoms with E-state index in [-0.39, 0.29) is 23.6 Å². The highest BCUT2D eigenvalue weighted by atomic mass is 19.4. The number of anilines is 1. The molecule has 4 rings (SSSR count). The first-order chi connectivity index (χ1) is 17.6. The molecule has 2 saturated carbocycles. The highest BCUT2D eigenvalue weighted by Gasteiger charge is 2.38. The van der Waals surface area contributed by atoms with Crippen molar-refractivity contribution in [3.8, 4) is 11.6 Å². The van der Waals surface area contributed by atoms with E-state index in [9.17, 15) is 27.9 Å². The molecule has 0 spiro atoms. The minimum atomic E-state index is -4.81. The quantitative estimate of drug-likeness (QED) is 0.405. The van der Waals surface area contributed by atoms with Gasteiger partial charge in [-0.25, -0.2) is 14.2 Å². The third-order valence-corrected chi connectivity index (χ3v) is 7.37. The molecule has 0 saturated heterocycles. The van der Waals surface area contributed by atoms with Crippen molar-refractivity contribution in [3.05, 3.63) is 47.4 Å². The van der Waals surface area contributed by atoms with Gasteiger partial charge in [-0.1, -0.05) is 26.2 Å². The molecule has 1 aromatic carbocycles. The lowest BCUT2D eigenvalue weighted by Gasteiger charge is -2.38. The number of aromatic carboxylic acids is 1. The van der Waals surface area contributed by atoms with Gasteiger partial charge in [0.1, 0.15) is 5.56 Å². The summed E-state index contributed by atoms with van der Waals surface area (Å²) in [5.74, 6) is -4.14. The van der Waals surface area contributed by atoms with Crippen LogP contribution in [-0.2, 0) is 11.0 Å². The molecular weight excluding hydrogens is 492 g/mol. The Morgan fingerprint density at radius 2 is 1.73 bits per heavy atom. The number of ether oxygens (including phenoxy) is 1. The van der Waals surface area contributed by atoms with E-state index in [4.69, 9.17) is 4.74 Å². The molecule has 0 atom stereocenters. The summed E-state index contributed by atoms with van der Waals surface area (Å²) in [6.07, 6.45) is 3.42. The fourth-order valence-corrected chi connectivity index (χ4v) is 5.32. The molecule has 2 aromatic rings. The zero-order chi connectivity index (χ0) is 26.7. The Morgan fingerprint density at radius 3 is 2.35 bits per heavy atom. The number of benzene rings is 1. The minimum Gasteiger partial charge on any atom is -0.478 e. The molecule has 1 amide bonds. The summed E-state index contributed by atoms with van der Waals surface area (Å²) < 4.78 is 60.6. The first-order valence-electron chi connectivity index (χ1n) is 12.7. The maximum absolute atomic E-state index is 15.3. The van der Waals surface area contributed by atoms with Crippen molar-refractivity contribution in [2.24, 2.45) is 11.8 Å². The van der Waals surface area contributed by atoms with Crippen LogP contribution in [0.2, 0.25) is 0 Å². The van der Waals surface area contributed by atoms with Gasteiger partial charge in [0.15, 0.2) is 11.6 Å². The van der Waals surface area contributed by atoms with Crippen LogP contribution in [-0.4, -0.2) is 28.0 Å². The minimum absolute atomic E-state index is 0.0927. The number of carbonyl (C=O) groups excluding carboxylic acids is 1. The van der Waals surface area contributed by atoms with Gasteiger partial charge in [-0.3, -0.25) is 4.79 Å². The lowest BCUT2D eigenvalue weighted by molar-refractivity contribution is -0.139. The Balaban J connectivity index is 1.75. The summed E-state index contributed by atoms with van der Waals surface area (Å²) in [6, 6.07) is 3.26. The molecule has 2 fully saturated rings. The Morgan fingerprint density at radius 1 is 1.05 bits per heavy atom. The SMILES string of the molecule is CC1CCC(C(=O)N(c2cc(F)c(Oc3ncccc3C(F)(F)F)cc2C(=O)O)C2CCCCC2)CC1. The molecule has 1 aromatic heterocycles. The van der Waals surface area contributed by atoms with Gasteiger partial charge in [0.25, 0.3) is 0 Å². The van der Waals surface area contributed by atoms with Crippen LogP contribution in [0.25, 0.3) is 0 Å². The average molecular weight is 523 g/mol. The van der Waals surface area contributed by atoms with Crippen molar-refractivity contribution >= 4 is 17.6 Å². The van der Waals surface area contributed by atoms with Gasteiger partial charge in [0.05, 0.1) is 11.3 Å². The Labute approximate surface area is 212 Å². The maximum atomic E-state index is 15.3. The number of pyridine rings is 1. The molecular formula is C27H30F4N2O4. The zero-order valence-electron chi connectivity index (χ0n) is 20.6. The van der Waals surface area contributed by atoms with E-state index in [1.807, 2.05) is 0 Å². The second-order valence-corrected chi connectivity index (χ2v) is 10.0. The van der Waals surface area contributed by atoms with Crippen molar-refractivity contribution in [1.82, 2.24) is 4.98 Å². The summed E-state index contributed by atoms with van der Waals surface area (Å²) in [6.45, 7) is 2.13. The lowest BCUT2D eigenvalue weighted by atomic mass is 9.81. The van der Waals surface area contributed by atoms with Gasteiger partial charge < -0.3 is 14.7 Å². The molecule has 2 aliphatic carbocycles. The van der Waals surface area contributed by atoms with Crippen LogP contribution in [0.15, 0.2) is 30.5 Å². The number of hydrogen-bond acceptors (Lipinski definition) is 4. The monoisotopic (exact) mass is 522 g/mol. The van der Waals surface area contributed by atoms with Gasteiger partial charge in [-0.05, 0) is 56.6 Å². The van der Waals surface area contributed by atoms with Crippen molar-refractivity contribution in [3.63, 3.8) is 0 Å². The highest BCUT2D eigenvalue weighted by Crippen LogP contribution is 2.40. The second-order valence-electron chi connectivity index (χ2n) is 10.0. The third-order valence-electron chi connectivity index (χ3n) is 7.37. The van der Waals surface area contributed by atoms with Gasteiger partial charge in [0, 0.05) is 30.3 Å². The summed E-state index contributed by atoms with van der Waals surface area (Å²) in [5, 5.41) is 9.99. The molecule has 10 heteroatoms. The van der Waals surface area contributed by atoms with E-state index in [2.05, 4.69) is 11.9 Å². The molecule has 0 bridgehead atoms. The summed E-state index contributed by atoms with van der Waals surface area (Å²) >= 11 is 0. The van der Waals surface area contributed by atoms with Crippen LogP contribution >= 0.6 is 0 Å². The van der Waals surface area contributed by atoms with E-state index in [1.54, 1.807) is 0 Å². The molecule has 200 valence electrons. The predicted octanol–water partition coefficient (Wildman–Crippen LogP) is 7.22. The van der Waals surface area contributed by atoms with Gasteiger partial charge >= 0.3 is 12.1 Å². The van der Waals surface area contributed by atoms with Crippen LogP contribution in [0, 0.1) is 17.7 Å². The predicted molar refractivity (Wildman–Crippen MR) is 128 cm³/mol. The largest absolute Gasteiger partial charge is 0.478 e. The number of hydrogen-bond donors (Lipinski definition) is 1. The Hall–Kier alpha value is -3.17. The van der Waals surface area contributed by atoms with Crippen LogP contribution < -0.4 is 9.64 Å². The van der Waals surface area contributed by atoms with E-state index < -0.39 is 40.7 Å². The van der Waals surface area contributed by atoms with Crippen LogP contribution in [0.4, 0.5) is 23.2 Å². The molecule has 1 heterocycles. The van der Waals surface area contributed by atoms with Gasteiger partial charge in [-0.2, -0.15) is 13.2 Å². The first kappa shape index (κ1) is 26.9. The summed E-state index contributed by atoms with van der Waals surface area (Å²) in [7, 11) is 0. The van der Waals surface area contributed by atoms with Crippen molar-refractivity contribution in [2.45, 2.75) is 76.9 Å². The fourth-order valence-electron chi connectivity index (χ4n) is 5.32. The number of alkyl halides is 3. The molecule has 37 heavy (non-hydrogen) atoms. The van der Waals surface area contributed by atoms with Crippen molar-refractivity contribution in [2.75, 3.05) is 4.90 Å². The molecule has 0 unspecified atom stereocenters. The maximum Gasteiger partial charge on any atom is 0.421 e. The Bertz CT molecular complexity index is 1140. The highest BCUT2D eigenvalue weighted by molar-refractivity contribution is 6.03. The second kappa shape index (κ2) is 11.1. The number of rotatable bonds is 6. The fraction of sp³-hybridized carbons (Fsp3) is 0.519. The van der Waals surface area contributed by atoms with Crippen molar-refractivity contribution < 1.29 is 37.0 Å². The number of aromatic nitrogens is 1. The summed E-state index contributed by atoms with van der Waals surface area (Å²) in [5.41, 5.74) is -1.73. The lowest BCUT2D eigenvalue weighted by Crippen LogP contribution is -2.46. The zero-order valence-corrected chi connectivity index (χ0v) is 20.6. The first-order valence-corrected chi connectivity index (χ1v) is 12.7. The van der Waals surface area contributed by atoms with Crippen LogP contribution in [0.3, 0.4) is 0 Å². The van der Waals surface area contributed by atoms with E-state index in [1.165, 1.54) is 4.90 Å². The van der Waals surface area contributed by atoms with Gasteiger partial charge in [-0.15, -0.1) is 0 Å². The smallest absolute Gasteiger partial charge is 0.421 e. The molecule has 0 aliphatic heterocycles. The van der Waals surface area contributed by atoms with Crippen molar-refractivity contribution in [1.29, 1.82) is 0 Å². The molecule has 6 nitrogen and oxygen atoms in total. The Kier molecular flexibility index (Phi) is 8.04. The standard InChI is InChI=1S/C27H30F4N2O4/c1-16-9-11-17(12-10-16)25(34)33(18-6-3-2-4-7-18)22-15-21(28)23(14-19(22)26(35)36)37-24-20(27(29,30)31)8-5-13-32-24/h5,8,13-18H,2-4,6-7,9-12H2,1H3,(H,35,36). The van der Waals surface area contributed by atoms with E-state index in [0.29, 0.717) is 31.6 Å². The number of carboxylic acid groups (broad SMARTS) is 1. The normalized spacial score (nSPS) is 20.9. The number of halogens is 4. The van der Waals surface area contributed by atoms with E-state index in [0.717, 1.165) is 62.6 Å². The average Bonchev–Trinajstić information content (AvgIpc) is 2.86. The number of amides is 1. The van der Waals surface area contributed by atoms with Gasteiger partial charge in [0.2, 0.25) is 11.8 Å². The number of carbonyl (C=O) groups is 2. The summed E-state index contributed by atoms with van der Waals surface area (Å²) in [4.78, 5) is 31.1. The van der Waals surface area contributed by atoms with Crippen LogP contribution in [0.5, 0.6) is 11.6 Å². The topological polar surface area (TPSA) is 79.7 Å². The molecule has 1 N–H and O–H groups in total. The number of carboxylic acids is 1. The van der Waals surface area contributed by atoms with Crippen LogP contribution in [0.1, 0.15) is 80.6 Å². The number of nitrogens with zero attached hydrogens (tertiary/aromatic N) is 2. The van der Waals surface area contributed by atoms with E-state index >= 15 is 4.39 Å². The molecule has 2 aliphatic rings. The molecule has 0 radical (unpaired) electrons. The third kappa shape index (κ3) is 6.05.